The first-order valence-electron chi connectivity index (χ1n) is 10.7. The van der Waals surface area contributed by atoms with Crippen molar-refractivity contribution in [3.05, 3.63) is 53.0 Å². The van der Waals surface area contributed by atoms with Gasteiger partial charge in [-0.3, -0.25) is 4.79 Å². The number of amides is 1. The number of anilines is 4. The van der Waals surface area contributed by atoms with Crippen LogP contribution in [0.4, 0.5) is 23.1 Å². The molecule has 1 aliphatic heterocycles. The third kappa shape index (κ3) is 5.20. The van der Waals surface area contributed by atoms with Gasteiger partial charge in [0.05, 0.1) is 12.1 Å². The summed E-state index contributed by atoms with van der Waals surface area (Å²) in [5.74, 6) is 2.12. The van der Waals surface area contributed by atoms with E-state index >= 15 is 0 Å². The molecular formula is C23H28N6O2. The molecule has 0 aliphatic carbocycles. The van der Waals surface area contributed by atoms with E-state index in [0.29, 0.717) is 11.7 Å². The Morgan fingerprint density at radius 1 is 1.03 bits per heavy atom. The van der Waals surface area contributed by atoms with Crippen molar-refractivity contribution in [3.63, 3.8) is 0 Å². The van der Waals surface area contributed by atoms with Crippen LogP contribution in [0.25, 0.3) is 0 Å². The molecular weight excluding hydrogens is 392 g/mol. The fraction of sp³-hybridized carbons (Fsp3) is 0.391. The maximum Gasteiger partial charge on any atom is 0.229 e. The van der Waals surface area contributed by atoms with Crippen molar-refractivity contribution in [2.75, 3.05) is 28.6 Å². The Hall–Kier alpha value is -3.42. The van der Waals surface area contributed by atoms with Gasteiger partial charge >= 0.3 is 0 Å². The summed E-state index contributed by atoms with van der Waals surface area (Å²) >= 11 is 0. The van der Waals surface area contributed by atoms with Gasteiger partial charge in [-0.1, -0.05) is 5.16 Å². The van der Waals surface area contributed by atoms with Gasteiger partial charge in [-0.15, -0.1) is 0 Å². The molecule has 2 N–H and O–H groups in total. The summed E-state index contributed by atoms with van der Waals surface area (Å²) in [6.07, 6.45) is 3.93. The number of hydrogen-bond donors (Lipinski definition) is 2. The summed E-state index contributed by atoms with van der Waals surface area (Å²) in [4.78, 5) is 23.9. The summed E-state index contributed by atoms with van der Waals surface area (Å²) in [5, 5.41) is 10.1. The molecule has 0 atom stereocenters. The zero-order valence-corrected chi connectivity index (χ0v) is 18.2. The number of aromatic nitrogens is 3. The Morgan fingerprint density at radius 2 is 1.74 bits per heavy atom. The van der Waals surface area contributed by atoms with Crippen LogP contribution < -0.4 is 15.5 Å². The van der Waals surface area contributed by atoms with Crippen LogP contribution >= 0.6 is 0 Å². The van der Waals surface area contributed by atoms with Crippen molar-refractivity contribution in [3.8, 4) is 0 Å². The Kier molecular flexibility index (Phi) is 6.16. The van der Waals surface area contributed by atoms with Gasteiger partial charge in [-0.05, 0) is 64.3 Å². The van der Waals surface area contributed by atoms with E-state index in [4.69, 9.17) is 9.51 Å². The predicted molar refractivity (Wildman–Crippen MR) is 121 cm³/mol. The van der Waals surface area contributed by atoms with Gasteiger partial charge in [0, 0.05) is 41.8 Å². The van der Waals surface area contributed by atoms with E-state index in [1.165, 1.54) is 19.3 Å². The highest BCUT2D eigenvalue weighted by Crippen LogP contribution is 2.22. The molecule has 0 spiro atoms. The fourth-order valence-corrected chi connectivity index (χ4v) is 3.78. The molecule has 0 bridgehead atoms. The summed E-state index contributed by atoms with van der Waals surface area (Å²) in [6, 6.07) is 9.55. The van der Waals surface area contributed by atoms with Gasteiger partial charge in [0.25, 0.3) is 0 Å². The van der Waals surface area contributed by atoms with Crippen LogP contribution in [0, 0.1) is 20.8 Å². The Bertz CT molecular complexity index is 1030. The highest BCUT2D eigenvalue weighted by molar-refractivity contribution is 5.92. The van der Waals surface area contributed by atoms with Gasteiger partial charge in [-0.25, -0.2) is 4.98 Å². The minimum Gasteiger partial charge on any atom is -0.361 e. The molecule has 3 aromatic rings. The molecule has 2 aromatic heterocycles. The molecule has 0 radical (unpaired) electrons. The number of piperidine rings is 1. The van der Waals surface area contributed by atoms with E-state index < -0.39 is 0 Å². The van der Waals surface area contributed by atoms with E-state index in [0.717, 1.165) is 47.2 Å². The average molecular weight is 421 g/mol. The molecule has 3 heterocycles. The van der Waals surface area contributed by atoms with Crippen molar-refractivity contribution < 1.29 is 9.32 Å². The molecule has 8 nitrogen and oxygen atoms in total. The van der Waals surface area contributed by atoms with E-state index in [-0.39, 0.29) is 12.3 Å². The highest BCUT2D eigenvalue weighted by atomic mass is 16.5. The standard InChI is InChI=1S/C23H28N6O2/c1-15-13-21(29-11-5-4-6-12-29)27-23(24-15)26-19-9-7-18(8-10-19)25-22(30)14-20-16(2)28-31-17(20)3/h7-10,13H,4-6,11-12,14H2,1-3H3,(H,25,30)(H,24,26,27). The first-order chi connectivity index (χ1) is 15.0. The molecule has 1 amide bonds. The van der Waals surface area contributed by atoms with Gasteiger partial charge in [0.1, 0.15) is 11.6 Å². The molecule has 4 rings (SSSR count). The summed E-state index contributed by atoms with van der Waals surface area (Å²) in [6.45, 7) is 7.71. The minimum atomic E-state index is -0.108. The topological polar surface area (TPSA) is 96.2 Å². The van der Waals surface area contributed by atoms with E-state index in [1.54, 1.807) is 0 Å². The van der Waals surface area contributed by atoms with Crippen molar-refractivity contribution >= 4 is 29.0 Å². The molecule has 0 saturated carbocycles. The number of hydrogen-bond acceptors (Lipinski definition) is 7. The van der Waals surface area contributed by atoms with Gasteiger partial charge < -0.3 is 20.1 Å². The Balaban J connectivity index is 1.39. The Labute approximate surface area is 182 Å². The van der Waals surface area contributed by atoms with E-state index in [1.807, 2.05) is 51.1 Å². The second-order valence-electron chi connectivity index (χ2n) is 7.97. The number of nitrogens with one attached hydrogen (secondary N) is 2. The van der Waals surface area contributed by atoms with E-state index in [2.05, 4.69) is 25.7 Å². The maximum atomic E-state index is 12.4. The summed E-state index contributed by atoms with van der Waals surface area (Å²) in [5.41, 5.74) is 4.09. The third-order valence-corrected chi connectivity index (χ3v) is 5.46. The van der Waals surface area contributed by atoms with Crippen LogP contribution in [0.1, 0.15) is 42.0 Å². The quantitative estimate of drug-likeness (QED) is 0.613. The predicted octanol–water partition coefficient (Wildman–Crippen LogP) is 4.30. The average Bonchev–Trinajstić information content (AvgIpc) is 3.07. The van der Waals surface area contributed by atoms with Gasteiger partial charge in [-0.2, -0.15) is 4.98 Å². The molecule has 1 saturated heterocycles. The third-order valence-electron chi connectivity index (χ3n) is 5.46. The zero-order chi connectivity index (χ0) is 21.8. The molecule has 1 aliphatic rings. The summed E-state index contributed by atoms with van der Waals surface area (Å²) < 4.78 is 5.12. The Morgan fingerprint density at radius 3 is 2.42 bits per heavy atom. The number of carbonyl (C=O) groups excluding carboxylic acids is 1. The van der Waals surface area contributed by atoms with Crippen LogP contribution in [0.15, 0.2) is 34.9 Å². The lowest BCUT2D eigenvalue weighted by Gasteiger charge is -2.28. The van der Waals surface area contributed by atoms with Crippen LogP contribution in [-0.2, 0) is 11.2 Å². The first-order valence-corrected chi connectivity index (χ1v) is 10.7. The smallest absolute Gasteiger partial charge is 0.229 e. The van der Waals surface area contributed by atoms with Crippen molar-refractivity contribution in [1.82, 2.24) is 15.1 Å². The van der Waals surface area contributed by atoms with Gasteiger partial charge in [0.15, 0.2) is 0 Å². The highest BCUT2D eigenvalue weighted by Gasteiger charge is 2.15. The van der Waals surface area contributed by atoms with E-state index in [9.17, 15) is 4.79 Å². The number of rotatable bonds is 6. The largest absolute Gasteiger partial charge is 0.361 e. The number of aryl methyl sites for hydroxylation is 3. The van der Waals surface area contributed by atoms with Crippen LogP contribution in [0.5, 0.6) is 0 Å². The first kappa shape index (κ1) is 20.8. The molecule has 1 fully saturated rings. The molecule has 0 unspecified atom stereocenters. The number of benzene rings is 1. The molecule has 8 heteroatoms. The number of nitrogens with zero attached hydrogens (tertiary/aromatic N) is 4. The molecule has 1 aromatic carbocycles. The van der Waals surface area contributed by atoms with Crippen LogP contribution in [0.2, 0.25) is 0 Å². The minimum absolute atomic E-state index is 0.108. The monoisotopic (exact) mass is 420 g/mol. The van der Waals surface area contributed by atoms with Crippen LogP contribution in [0.3, 0.4) is 0 Å². The molecule has 162 valence electrons. The fourth-order valence-electron chi connectivity index (χ4n) is 3.78. The normalized spacial score (nSPS) is 13.8. The number of carbonyl (C=O) groups is 1. The SMILES string of the molecule is Cc1cc(N2CCCCC2)nc(Nc2ccc(NC(=O)Cc3c(C)noc3C)cc2)n1. The lowest BCUT2D eigenvalue weighted by Crippen LogP contribution is -2.30. The van der Waals surface area contributed by atoms with Crippen molar-refractivity contribution in [2.24, 2.45) is 0 Å². The maximum absolute atomic E-state index is 12.4. The molecule has 31 heavy (non-hydrogen) atoms. The van der Waals surface area contributed by atoms with Crippen molar-refractivity contribution in [2.45, 2.75) is 46.5 Å². The zero-order valence-electron chi connectivity index (χ0n) is 18.2. The van der Waals surface area contributed by atoms with Gasteiger partial charge in [0.2, 0.25) is 11.9 Å². The van der Waals surface area contributed by atoms with Crippen LogP contribution in [-0.4, -0.2) is 34.1 Å². The lowest BCUT2D eigenvalue weighted by atomic mass is 10.1. The second-order valence-corrected chi connectivity index (χ2v) is 7.97. The van der Waals surface area contributed by atoms with Crippen molar-refractivity contribution in [1.29, 1.82) is 0 Å². The second kappa shape index (κ2) is 9.16. The lowest BCUT2D eigenvalue weighted by molar-refractivity contribution is -0.115. The summed E-state index contributed by atoms with van der Waals surface area (Å²) in [7, 11) is 0.